The maximum atomic E-state index is 10.4. The van der Waals surface area contributed by atoms with Gasteiger partial charge in [-0.1, -0.05) is 0 Å². The lowest BCUT2D eigenvalue weighted by Gasteiger charge is -2.37. The predicted octanol–water partition coefficient (Wildman–Crippen LogP) is -0.166. The minimum atomic E-state index is 0.126. The Morgan fingerprint density at radius 3 is 3.00 bits per heavy atom. The molecular formula is C10H15ClN6O. The second-order valence-electron chi connectivity index (χ2n) is 4.13. The second-order valence-corrected chi connectivity index (χ2v) is 4.61. The molecule has 0 amide bonds. The van der Waals surface area contributed by atoms with Crippen molar-refractivity contribution in [1.29, 1.82) is 0 Å². The van der Waals surface area contributed by atoms with Crippen molar-refractivity contribution in [3.63, 3.8) is 0 Å². The fourth-order valence-corrected chi connectivity index (χ4v) is 2.16. The van der Waals surface area contributed by atoms with Crippen molar-refractivity contribution in [2.24, 2.45) is 0 Å². The average Bonchev–Trinajstić information content (AvgIpc) is 2.74. The molecule has 1 unspecified atom stereocenters. The Kier molecular flexibility index (Phi) is 4.27. The Labute approximate surface area is 110 Å². The fourth-order valence-electron chi connectivity index (χ4n) is 1.93. The molecule has 0 aliphatic carbocycles. The molecule has 98 valence electrons. The van der Waals surface area contributed by atoms with Crippen molar-refractivity contribution in [3.05, 3.63) is 18.1 Å². The molecule has 1 saturated heterocycles. The lowest BCUT2D eigenvalue weighted by atomic mass is 10.2. The first-order valence-electron chi connectivity index (χ1n) is 5.72. The zero-order valence-corrected chi connectivity index (χ0v) is 10.9. The molecule has 8 heteroatoms. The van der Waals surface area contributed by atoms with Crippen LogP contribution in [0.1, 0.15) is 5.82 Å². The largest absolute Gasteiger partial charge is 0.370 e. The van der Waals surface area contributed by atoms with Crippen LogP contribution in [-0.4, -0.2) is 61.5 Å². The van der Waals surface area contributed by atoms with E-state index >= 15 is 0 Å². The molecule has 1 aliphatic rings. The summed E-state index contributed by atoms with van der Waals surface area (Å²) in [5.74, 6) is 0.642. The number of aromatic nitrogens is 4. The van der Waals surface area contributed by atoms with E-state index < -0.39 is 0 Å². The normalized spacial score (nSPS) is 21.7. The Bertz CT molecular complexity index is 434. The third-order valence-corrected chi connectivity index (χ3v) is 3.07. The third kappa shape index (κ3) is 3.27. The van der Waals surface area contributed by atoms with Crippen LogP contribution in [-0.2, 0) is 11.3 Å². The lowest BCUT2D eigenvalue weighted by molar-refractivity contribution is -0.104. The van der Waals surface area contributed by atoms with Crippen molar-refractivity contribution in [2.75, 3.05) is 19.6 Å². The SMILES string of the molecule is Cc1nnn(CC2CN(Cl)CCN2C=CC=O)n1. The highest BCUT2D eigenvalue weighted by Crippen LogP contribution is 2.13. The van der Waals surface area contributed by atoms with Crippen LogP contribution in [0.5, 0.6) is 0 Å². The zero-order chi connectivity index (χ0) is 13.0. The number of tetrazole rings is 1. The molecule has 1 aromatic heterocycles. The molecular weight excluding hydrogens is 256 g/mol. The number of nitrogens with zero attached hydrogens (tertiary/aromatic N) is 6. The van der Waals surface area contributed by atoms with Gasteiger partial charge < -0.3 is 4.90 Å². The van der Waals surface area contributed by atoms with Gasteiger partial charge in [0.2, 0.25) is 0 Å². The van der Waals surface area contributed by atoms with Gasteiger partial charge in [-0.05, 0) is 30.0 Å². The van der Waals surface area contributed by atoms with Crippen LogP contribution < -0.4 is 0 Å². The number of carbonyl (C=O) groups excluding carboxylic acids is 1. The highest BCUT2D eigenvalue weighted by atomic mass is 35.5. The standard InChI is InChI=1S/C10H15ClN6O/c1-9-12-14-17(13-9)8-10-7-16(11)5-4-15(10)3-2-6-18/h2-3,6,10H,4-5,7-8H2,1H3. The number of hydrogen-bond donors (Lipinski definition) is 0. The summed E-state index contributed by atoms with van der Waals surface area (Å²) in [6, 6.07) is 0.126. The maximum absolute atomic E-state index is 10.4. The molecule has 0 saturated carbocycles. The summed E-state index contributed by atoms with van der Waals surface area (Å²) in [7, 11) is 0. The van der Waals surface area contributed by atoms with E-state index in [1.54, 1.807) is 22.3 Å². The number of rotatable bonds is 4. The summed E-state index contributed by atoms with van der Waals surface area (Å²) in [6.45, 7) is 4.60. The van der Waals surface area contributed by atoms with Crippen molar-refractivity contribution >= 4 is 18.1 Å². The predicted molar refractivity (Wildman–Crippen MR) is 65.7 cm³/mol. The summed E-state index contributed by atoms with van der Waals surface area (Å²) in [5.41, 5.74) is 0. The maximum Gasteiger partial charge on any atom is 0.171 e. The van der Waals surface area contributed by atoms with Crippen molar-refractivity contribution in [2.45, 2.75) is 19.5 Å². The van der Waals surface area contributed by atoms with Crippen LogP contribution in [0.3, 0.4) is 0 Å². The second kappa shape index (κ2) is 5.92. The number of hydrogen-bond acceptors (Lipinski definition) is 6. The minimum Gasteiger partial charge on any atom is -0.370 e. The number of aldehydes is 1. The Morgan fingerprint density at radius 1 is 1.50 bits per heavy atom. The average molecular weight is 271 g/mol. The van der Waals surface area contributed by atoms with Crippen LogP contribution in [0.15, 0.2) is 12.3 Å². The number of piperazine rings is 1. The van der Waals surface area contributed by atoms with Crippen molar-refractivity contribution in [1.82, 2.24) is 29.5 Å². The molecule has 7 nitrogen and oxygen atoms in total. The Balaban J connectivity index is 2.05. The van der Waals surface area contributed by atoms with E-state index in [4.69, 9.17) is 11.8 Å². The first-order chi connectivity index (χ1) is 8.69. The van der Waals surface area contributed by atoms with Gasteiger partial charge >= 0.3 is 0 Å². The fraction of sp³-hybridized carbons (Fsp3) is 0.600. The molecule has 0 N–H and O–H groups in total. The van der Waals surface area contributed by atoms with Crippen molar-refractivity contribution < 1.29 is 4.79 Å². The summed E-state index contributed by atoms with van der Waals surface area (Å²) in [6.07, 6.45) is 4.03. The van der Waals surface area contributed by atoms with Gasteiger partial charge in [0.15, 0.2) is 5.82 Å². The highest BCUT2D eigenvalue weighted by Gasteiger charge is 2.25. The molecule has 1 aliphatic heterocycles. The first kappa shape index (κ1) is 13.0. The number of carbonyl (C=O) groups is 1. The highest BCUT2D eigenvalue weighted by molar-refractivity contribution is 6.13. The van der Waals surface area contributed by atoms with Crippen LogP contribution >= 0.6 is 11.8 Å². The van der Waals surface area contributed by atoms with E-state index in [1.807, 2.05) is 0 Å². The topological polar surface area (TPSA) is 67.2 Å². The smallest absolute Gasteiger partial charge is 0.171 e. The van der Waals surface area contributed by atoms with E-state index in [2.05, 4.69) is 20.3 Å². The summed E-state index contributed by atoms with van der Waals surface area (Å²) in [4.78, 5) is 14.0. The minimum absolute atomic E-state index is 0.126. The van der Waals surface area contributed by atoms with E-state index in [0.29, 0.717) is 18.9 Å². The van der Waals surface area contributed by atoms with E-state index in [9.17, 15) is 4.79 Å². The molecule has 0 radical (unpaired) electrons. The third-order valence-electron chi connectivity index (χ3n) is 2.76. The van der Waals surface area contributed by atoms with Gasteiger partial charge in [0.1, 0.15) is 6.29 Å². The summed E-state index contributed by atoms with van der Waals surface area (Å²) in [5, 5.41) is 11.9. The molecule has 18 heavy (non-hydrogen) atoms. The number of halogens is 1. The molecule has 1 atom stereocenters. The van der Waals surface area contributed by atoms with Gasteiger partial charge in [-0.2, -0.15) is 4.80 Å². The molecule has 0 bridgehead atoms. The Hall–Kier alpha value is -1.47. The van der Waals surface area contributed by atoms with Crippen LogP contribution in [0.25, 0.3) is 0 Å². The molecule has 1 aromatic rings. The molecule has 1 fully saturated rings. The number of aryl methyl sites for hydroxylation is 1. The quantitative estimate of drug-likeness (QED) is 0.430. The summed E-state index contributed by atoms with van der Waals surface area (Å²) >= 11 is 6.03. The monoisotopic (exact) mass is 270 g/mol. The van der Waals surface area contributed by atoms with Crippen molar-refractivity contribution in [3.8, 4) is 0 Å². The van der Waals surface area contributed by atoms with E-state index in [0.717, 1.165) is 19.4 Å². The summed E-state index contributed by atoms with van der Waals surface area (Å²) < 4.78 is 1.74. The molecule has 2 rings (SSSR count). The molecule has 0 aromatic carbocycles. The molecule has 2 heterocycles. The molecule has 0 spiro atoms. The van der Waals surface area contributed by atoms with Gasteiger partial charge in [-0.3, -0.25) is 4.79 Å². The Morgan fingerprint density at radius 2 is 2.33 bits per heavy atom. The van der Waals surface area contributed by atoms with Gasteiger partial charge in [0.25, 0.3) is 0 Å². The van der Waals surface area contributed by atoms with Crippen LogP contribution in [0.2, 0.25) is 0 Å². The van der Waals surface area contributed by atoms with Gasteiger partial charge in [0, 0.05) is 25.8 Å². The van der Waals surface area contributed by atoms with Gasteiger partial charge in [-0.25, -0.2) is 4.42 Å². The van der Waals surface area contributed by atoms with E-state index in [1.165, 1.54) is 6.08 Å². The van der Waals surface area contributed by atoms with Crippen LogP contribution in [0.4, 0.5) is 0 Å². The van der Waals surface area contributed by atoms with Gasteiger partial charge in [0.05, 0.1) is 12.6 Å². The zero-order valence-electron chi connectivity index (χ0n) is 10.1. The van der Waals surface area contributed by atoms with E-state index in [-0.39, 0.29) is 6.04 Å². The first-order valence-corrected chi connectivity index (χ1v) is 6.05. The lowest BCUT2D eigenvalue weighted by Crippen LogP contribution is -2.49. The van der Waals surface area contributed by atoms with Crippen LogP contribution in [0, 0.1) is 6.92 Å². The van der Waals surface area contributed by atoms with Gasteiger partial charge in [-0.15, -0.1) is 10.2 Å². The number of allylic oxidation sites excluding steroid dienone is 1.